The predicted molar refractivity (Wildman–Crippen MR) is 59.1 cm³/mol. The Morgan fingerprint density at radius 1 is 1.14 bits per heavy atom. The quantitative estimate of drug-likeness (QED) is 0.750. The Bertz CT molecular complexity index is 419. The minimum Gasteiger partial charge on any atom is -0.443 e. The van der Waals surface area contributed by atoms with E-state index in [1.807, 2.05) is 41.2 Å². The summed E-state index contributed by atoms with van der Waals surface area (Å²) in [4.78, 5) is 0. The van der Waals surface area contributed by atoms with Crippen molar-refractivity contribution in [2.75, 3.05) is 0 Å². The fourth-order valence-corrected chi connectivity index (χ4v) is 2.28. The third kappa shape index (κ3) is 1.81. The molecule has 0 aliphatic carbocycles. The van der Waals surface area contributed by atoms with Gasteiger partial charge in [0.2, 0.25) is 0 Å². The topological polar surface area (TPSA) is 33.0 Å². The van der Waals surface area contributed by atoms with Crippen molar-refractivity contribution in [3.05, 3.63) is 52.8 Å². The Labute approximate surface area is 85.7 Å². The molecule has 70 valence electrons. The molecule has 1 aliphatic rings. The summed E-state index contributed by atoms with van der Waals surface area (Å²) in [6.07, 6.45) is 3.92. The van der Waals surface area contributed by atoms with Gasteiger partial charge in [0.05, 0.1) is 5.56 Å². The number of para-hydroxylation sites is 1. The molecule has 0 N–H and O–H groups in total. The minimum atomic E-state index is -0.656. The molecular formula is C11H9NOS. The second kappa shape index (κ2) is 4.03. The molecule has 0 spiro atoms. The summed E-state index contributed by atoms with van der Waals surface area (Å²) >= 11 is -0.656. The first kappa shape index (κ1) is 8.92. The average Bonchev–Trinajstić information content (AvgIpc) is 2.71. The van der Waals surface area contributed by atoms with Gasteiger partial charge in [0.15, 0.2) is 5.75 Å². The fourth-order valence-electron chi connectivity index (χ4n) is 1.13. The summed E-state index contributed by atoms with van der Waals surface area (Å²) in [5.74, 6) is 0.664. The summed E-state index contributed by atoms with van der Waals surface area (Å²) in [5, 5.41) is 12.8. The van der Waals surface area contributed by atoms with Crippen LogP contribution in [0.25, 0.3) is 0 Å². The van der Waals surface area contributed by atoms with Crippen molar-refractivity contribution in [3.63, 3.8) is 0 Å². The fraction of sp³-hybridized carbons (Fsp3) is 0. The van der Waals surface area contributed by atoms with Crippen molar-refractivity contribution < 1.29 is 4.18 Å². The Balaban J connectivity index is 2.20. The first-order chi connectivity index (χ1) is 6.90. The first-order valence-corrected chi connectivity index (χ1v) is 5.60. The molecule has 2 rings (SSSR count). The molecule has 0 unspecified atom stereocenters. The second-order valence-corrected chi connectivity index (χ2v) is 4.24. The van der Waals surface area contributed by atoms with Gasteiger partial charge in [-0.15, -0.1) is 0 Å². The summed E-state index contributed by atoms with van der Waals surface area (Å²) < 4.78 is 5.67. The van der Waals surface area contributed by atoms with Crippen LogP contribution < -0.4 is 4.18 Å². The predicted octanol–water partition coefficient (Wildman–Crippen LogP) is 2.89. The maximum atomic E-state index is 8.83. The van der Waals surface area contributed by atoms with Crippen LogP contribution in [0.5, 0.6) is 5.75 Å². The van der Waals surface area contributed by atoms with Crippen molar-refractivity contribution in [2.24, 2.45) is 0 Å². The Morgan fingerprint density at radius 3 is 2.57 bits per heavy atom. The number of hydrogen-bond acceptors (Lipinski definition) is 2. The first-order valence-electron chi connectivity index (χ1n) is 4.20. The van der Waals surface area contributed by atoms with Crippen molar-refractivity contribution in [1.29, 1.82) is 5.26 Å². The molecule has 0 saturated carbocycles. The monoisotopic (exact) mass is 203 g/mol. The molecule has 14 heavy (non-hydrogen) atoms. The number of benzene rings is 1. The highest BCUT2D eigenvalue weighted by Crippen LogP contribution is 2.36. The summed E-state index contributed by atoms with van der Waals surface area (Å²) in [7, 11) is 0. The Morgan fingerprint density at radius 2 is 1.86 bits per heavy atom. The second-order valence-electron chi connectivity index (χ2n) is 2.74. The number of rotatable bonds is 2. The van der Waals surface area contributed by atoms with Crippen LogP contribution in [0.2, 0.25) is 0 Å². The van der Waals surface area contributed by atoms with E-state index >= 15 is 0 Å². The third-order valence-corrected chi connectivity index (χ3v) is 3.13. The Hall–Kier alpha value is -1.66. The van der Waals surface area contributed by atoms with E-state index in [1.54, 1.807) is 6.07 Å². The van der Waals surface area contributed by atoms with E-state index in [4.69, 9.17) is 9.44 Å². The smallest absolute Gasteiger partial charge is 0.153 e. The van der Waals surface area contributed by atoms with Crippen LogP contribution in [-0.2, 0) is 0 Å². The van der Waals surface area contributed by atoms with Crippen LogP contribution in [0.3, 0.4) is 0 Å². The van der Waals surface area contributed by atoms with Crippen LogP contribution in [-0.4, -0.2) is 0 Å². The lowest BCUT2D eigenvalue weighted by atomic mass is 10.2. The van der Waals surface area contributed by atoms with Crippen LogP contribution in [0.15, 0.2) is 47.2 Å². The zero-order chi connectivity index (χ0) is 9.80. The highest BCUT2D eigenvalue weighted by atomic mass is 32.2. The number of thiol groups is 1. The summed E-state index contributed by atoms with van der Waals surface area (Å²) in [5.41, 5.74) is 0.587. The van der Waals surface area contributed by atoms with Gasteiger partial charge >= 0.3 is 0 Å². The number of nitrogens with zero attached hydrogens (tertiary/aromatic N) is 1. The molecule has 0 aromatic heterocycles. The molecule has 2 nitrogen and oxygen atoms in total. The molecule has 1 aromatic carbocycles. The van der Waals surface area contributed by atoms with Gasteiger partial charge in [-0.1, -0.05) is 35.5 Å². The van der Waals surface area contributed by atoms with Gasteiger partial charge in [0.25, 0.3) is 0 Å². The molecule has 0 fully saturated rings. The number of nitriles is 1. The lowest BCUT2D eigenvalue weighted by Gasteiger charge is -2.13. The summed E-state index contributed by atoms with van der Waals surface area (Å²) in [6.45, 7) is 0. The van der Waals surface area contributed by atoms with Gasteiger partial charge in [-0.05, 0) is 22.9 Å². The molecule has 0 atom stereocenters. The molecular weight excluding hydrogens is 194 g/mol. The Kier molecular flexibility index (Phi) is 2.57. The number of allylic oxidation sites excluding steroid dienone is 2. The van der Waals surface area contributed by atoms with Crippen LogP contribution >= 0.6 is 11.2 Å². The van der Waals surface area contributed by atoms with Crippen molar-refractivity contribution >= 4 is 11.2 Å². The molecule has 0 bridgehead atoms. The van der Waals surface area contributed by atoms with Gasteiger partial charge < -0.3 is 4.18 Å². The lowest BCUT2D eigenvalue weighted by molar-refractivity contribution is 0.642. The lowest BCUT2D eigenvalue weighted by Crippen LogP contribution is -1.88. The zero-order valence-corrected chi connectivity index (χ0v) is 8.32. The van der Waals surface area contributed by atoms with E-state index in [9.17, 15) is 0 Å². The van der Waals surface area contributed by atoms with Gasteiger partial charge in [-0.3, -0.25) is 0 Å². The van der Waals surface area contributed by atoms with Crippen LogP contribution in [0, 0.1) is 11.3 Å². The van der Waals surface area contributed by atoms with Crippen molar-refractivity contribution in [2.45, 2.75) is 0 Å². The van der Waals surface area contributed by atoms with Gasteiger partial charge in [-0.25, -0.2) is 0 Å². The van der Waals surface area contributed by atoms with Crippen LogP contribution in [0.4, 0.5) is 0 Å². The normalized spacial score (nSPS) is 15.5. The molecule has 0 saturated heterocycles. The SMILES string of the molecule is N#Cc1ccccc1O[SH]1C=CC=C1. The number of hydrogen-bond donors (Lipinski definition) is 1. The van der Waals surface area contributed by atoms with E-state index < -0.39 is 11.2 Å². The molecule has 1 heterocycles. The van der Waals surface area contributed by atoms with Crippen molar-refractivity contribution in [3.8, 4) is 11.8 Å². The molecule has 0 amide bonds. The van der Waals surface area contributed by atoms with E-state index in [1.165, 1.54) is 0 Å². The highest BCUT2D eigenvalue weighted by molar-refractivity contribution is 8.18. The van der Waals surface area contributed by atoms with E-state index in [-0.39, 0.29) is 0 Å². The van der Waals surface area contributed by atoms with Gasteiger partial charge in [0, 0.05) is 0 Å². The largest absolute Gasteiger partial charge is 0.443 e. The van der Waals surface area contributed by atoms with E-state index in [0.717, 1.165) is 0 Å². The van der Waals surface area contributed by atoms with Gasteiger partial charge in [-0.2, -0.15) is 5.26 Å². The average molecular weight is 203 g/mol. The molecule has 1 aromatic rings. The van der Waals surface area contributed by atoms with Crippen LogP contribution in [0.1, 0.15) is 5.56 Å². The minimum absolute atomic E-state index is 0.587. The molecule has 3 heteroatoms. The van der Waals surface area contributed by atoms with E-state index in [2.05, 4.69) is 6.07 Å². The highest BCUT2D eigenvalue weighted by Gasteiger charge is 2.05. The summed E-state index contributed by atoms with van der Waals surface area (Å²) in [6, 6.07) is 9.39. The molecule has 0 radical (unpaired) electrons. The van der Waals surface area contributed by atoms with E-state index in [0.29, 0.717) is 11.3 Å². The zero-order valence-electron chi connectivity index (χ0n) is 7.42. The standard InChI is InChI=1S/C11H9NOS/c12-9-10-5-1-2-6-11(10)13-14-7-3-4-8-14/h1-8,14H. The maximum absolute atomic E-state index is 8.83. The van der Waals surface area contributed by atoms with Gasteiger partial charge in [0.1, 0.15) is 6.07 Å². The van der Waals surface area contributed by atoms with Crippen molar-refractivity contribution in [1.82, 2.24) is 0 Å². The third-order valence-electron chi connectivity index (χ3n) is 1.79. The molecule has 1 aliphatic heterocycles. The maximum Gasteiger partial charge on any atom is 0.153 e.